The third kappa shape index (κ3) is 3.71. The molecule has 17 heavy (non-hydrogen) atoms. The number of carbonyl (C=O) groups excluding carboxylic acids is 1. The van der Waals surface area contributed by atoms with E-state index in [0.29, 0.717) is 18.2 Å². The number of carbonyl (C=O) groups is 1. The number of rotatable bonds is 5. The van der Waals surface area contributed by atoms with Gasteiger partial charge in [-0.05, 0) is 27.1 Å². The average molecular weight is 236 g/mol. The molecule has 1 unspecified atom stereocenters. The van der Waals surface area contributed by atoms with Crippen LogP contribution in [0.15, 0.2) is 18.5 Å². The van der Waals surface area contributed by atoms with Crippen molar-refractivity contribution in [2.75, 3.05) is 33.0 Å². The van der Waals surface area contributed by atoms with Crippen molar-refractivity contribution >= 4 is 11.6 Å². The van der Waals surface area contributed by atoms with E-state index in [0.717, 1.165) is 5.69 Å². The van der Waals surface area contributed by atoms with Crippen molar-refractivity contribution in [1.82, 2.24) is 15.2 Å². The molecule has 1 atom stereocenters. The standard InChI is InChI=1S/C12H20N4O/c1-9(16(3)4)7-15-12(17)10-8-14-6-5-11(10)13-2/h5-6,8-9H,7H2,1-4H3,(H,13,14)(H,15,17). The van der Waals surface area contributed by atoms with Crippen LogP contribution in [0.3, 0.4) is 0 Å². The highest BCUT2D eigenvalue weighted by molar-refractivity contribution is 5.99. The SMILES string of the molecule is CNc1ccncc1C(=O)NCC(C)N(C)C. The zero-order valence-corrected chi connectivity index (χ0v) is 10.8. The van der Waals surface area contributed by atoms with E-state index in [2.05, 4.69) is 27.4 Å². The summed E-state index contributed by atoms with van der Waals surface area (Å²) in [6.45, 7) is 2.67. The quantitative estimate of drug-likeness (QED) is 0.794. The first kappa shape index (κ1) is 13.4. The summed E-state index contributed by atoms with van der Waals surface area (Å²) < 4.78 is 0. The Hall–Kier alpha value is -1.62. The smallest absolute Gasteiger partial charge is 0.255 e. The first-order chi connectivity index (χ1) is 8.06. The molecular weight excluding hydrogens is 216 g/mol. The van der Waals surface area contributed by atoms with Gasteiger partial charge in [-0.2, -0.15) is 0 Å². The normalized spacial score (nSPS) is 12.3. The summed E-state index contributed by atoms with van der Waals surface area (Å²) in [6, 6.07) is 2.08. The number of nitrogens with one attached hydrogen (secondary N) is 2. The number of hydrogen-bond donors (Lipinski definition) is 2. The zero-order chi connectivity index (χ0) is 12.8. The van der Waals surface area contributed by atoms with Crippen LogP contribution in [0.25, 0.3) is 0 Å². The van der Waals surface area contributed by atoms with Crippen LogP contribution in [0.2, 0.25) is 0 Å². The predicted octanol–water partition coefficient (Wildman–Crippen LogP) is 0.803. The Morgan fingerprint density at radius 3 is 2.82 bits per heavy atom. The highest BCUT2D eigenvalue weighted by Crippen LogP contribution is 2.11. The first-order valence-electron chi connectivity index (χ1n) is 5.62. The van der Waals surface area contributed by atoms with Gasteiger partial charge in [-0.25, -0.2) is 0 Å². The van der Waals surface area contributed by atoms with Crippen molar-refractivity contribution in [2.45, 2.75) is 13.0 Å². The maximum atomic E-state index is 11.9. The molecule has 2 N–H and O–H groups in total. The maximum absolute atomic E-state index is 11.9. The van der Waals surface area contributed by atoms with E-state index in [1.54, 1.807) is 25.5 Å². The topological polar surface area (TPSA) is 57.3 Å². The summed E-state index contributed by atoms with van der Waals surface area (Å²) >= 11 is 0. The molecule has 1 aromatic rings. The van der Waals surface area contributed by atoms with Crippen LogP contribution in [0.5, 0.6) is 0 Å². The molecule has 1 heterocycles. The van der Waals surface area contributed by atoms with E-state index in [1.807, 2.05) is 14.1 Å². The molecule has 5 heteroatoms. The van der Waals surface area contributed by atoms with Crippen LogP contribution >= 0.6 is 0 Å². The minimum absolute atomic E-state index is 0.101. The van der Waals surface area contributed by atoms with Gasteiger partial charge in [0.1, 0.15) is 0 Å². The predicted molar refractivity (Wildman–Crippen MR) is 69.3 cm³/mol. The highest BCUT2D eigenvalue weighted by atomic mass is 16.1. The van der Waals surface area contributed by atoms with E-state index >= 15 is 0 Å². The van der Waals surface area contributed by atoms with Gasteiger partial charge in [0.2, 0.25) is 0 Å². The lowest BCUT2D eigenvalue weighted by Crippen LogP contribution is -2.38. The van der Waals surface area contributed by atoms with Crippen LogP contribution in [0, 0.1) is 0 Å². The Kier molecular flexibility index (Phi) is 4.90. The minimum atomic E-state index is -0.101. The molecule has 1 rings (SSSR count). The minimum Gasteiger partial charge on any atom is -0.387 e. The monoisotopic (exact) mass is 236 g/mol. The number of pyridine rings is 1. The lowest BCUT2D eigenvalue weighted by molar-refractivity contribution is 0.0944. The van der Waals surface area contributed by atoms with Gasteiger partial charge in [-0.1, -0.05) is 0 Å². The number of aromatic nitrogens is 1. The molecule has 0 aromatic carbocycles. The molecule has 0 aliphatic rings. The van der Waals surface area contributed by atoms with Crippen LogP contribution in [0.4, 0.5) is 5.69 Å². The average Bonchev–Trinajstić information content (AvgIpc) is 2.35. The van der Waals surface area contributed by atoms with Crippen molar-refractivity contribution in [2.24, 2.45) is 0 Å². The van der Waals surface area contributed by atoms with E-state index < -0.39 is 0 Å². The molecule has 5 nitrogen and oxygen atoms in total. The third-order valence-corrected chi connectivity index (χ3v) is 2.77. The first-order valence-corrected chi connectivity index (χ1v) is 5.62. The third-order valence-electron chi connectivity index (χ3n) is 2.77. The Morgan fingerprint density at radius 1 is 1.53 bits per heavy atom. The van der Waals surface area contributed by atoms with Crippen molar-refractivity contribution in [3.8, 4) is 0 Å². The molecule has 0 aliphatic carbocycles. The molecule has 0 saturated carbocycles. The molecule has 0 fully saturated rings. The lowest BCUT2D eigenvalue weighted by Gasteiger charge is -2.20. The second-order valence-corrected chi connectivity index (χ2v) is 4.19. The summed E-state index contributed by atoms with van der Waals surface area (Å²) in [7, 11) is 5.76. The van der Waals surface area contributed by atoms with E-state index in [9.17, 15) is 4.79 Å². The van der Waals surface area contributed by atoms with E-state index in [-0.39, 0.29) is 5.91 Å². The summed E-state index contributed by atoms with van der Waals surface area (Å²) in [6.07, 6.45) is 3.23. The van der Waals surface area contributed by atoms with Crippen LogP contribution < -0.4 is 10.6 Å². The highest BCUT2D eigenvalue weighted by Gasteiger charge is 2.12. The van der Waals surface area contributed by atoms with Gasteiger partial charge in [0.05, 0.1) is 5.56 Å². The van der Waals surface area contributed by atoms with Crippen molar-refractivity contribution in [3.63, 3.8) is 0 Å². The van der Waals surface area contributed by atoms with E-state index in [4.69, 9.17) is 0 Å². The van der Waals surface area contributed by atoms with Crippen LogP contribution in [-0.2, 0) is 0 Å². The molecule has 0 bridgehead atoms. The van der Waals surface area contributed by atoms with Gasteiger partial charge in [-0.15, -0.1) is 0 Å². The molecule has 1 amide bonds. The Balaban J connectivity index is 2.64. The fourth-order valence-electron chi connectivity index (χ4n) is 1.31. The second kappa shape index (κ2) is 6.20. The maximum Gasteiger partial charge on any atom is 0.255 e. The fourth-order valence-corrected chi connectivity index (χ4v) is 1.31. The van der Waals surface area contributed by atoms with Crippen molar-refractivity contribution in [3.05, 3.63) is 24.0 Å². The number of amides is 1. The van der Waals surface area contributed by atoms with Gasteiger partial charge in [0.15, 0.2) is 0 Å². The van der Waals surface area contributed by atoms with Gasteiger partial charge in [-0.3, -0.25) is 9.78 Å². The largest absolute Gasteiger partial charge is 0.387 e. The summed E-state index contributed by atoms with van der Waals surface area (Å²) in [5.41, 5.74) is 1.36. The Morgan fingerprint density at radius 2 is 2.24 bits per heavy atom. The summed E-state index contributed by atoms with van der Waals surface area (Å²) in [5, 5.41) is 5.87. The van der Waals surface area contributed by atoms with Gasteiger partial charge < -0.3 is 15.5 Å². The van der Waals surface area contributed by atoms with Gasteiger partial charge >= 0.3 is 0 Å². The Labute approximate surface area is 102 Å². The van der Waals surface area contributed by atoms with Gasteiger partial charge in [0.25, 0.3) is 5.91 Å². The molecule has 0 radical (unpaired) electrons. The van der Waals surface area contributed by atoms with Crippen molar-refractivity contribution < 1.29 is 4.79 Å². The van der Waals surface area contributed by atoms with E-state index in [1.165, 1.54) is 0 Å². The molecule has 1 aromatic heterocycles. The van der Waals surface area contributed by atoms with Crippen LogP contribution in [0.1, 0.15) is 17.3 Å². The molecule has 0 aliphatic heterocycles. The van der Waals surface area contributed by atoms with Crippen LogP contribution in [-0.4, -0.2) is 49.5 Å². The molecule has 0 saturated heterocycles. The number of likely N-dealkylation sites (N-methyl/N-ethyl adjacent to an activating group) is 1. The number of nitrogens with zero attached hydrogens (tertiary/aromatic N) is 2. The summed E-state index contributed by atoms with van der Waals surface area (Å²) in [4.78, 5) is 18.0. The molecular formula is C12H20N4O. The fraction of sp³-hybridized carbons (Fsp3) is 0.500. The molecule has 0 spiro atoms. The van der Waals surface area contributed by atoms with Gasteiger partial charge in [0, 0.05) is 37.7 Å². The number of anilines is 1. The lowest BCUT2D eigenvalue weighted by atomic mass is 10.2. The number of hydrogen-bond acceptors (Lipinski definition) is 4. The second-order valence-electron chi connectivity index (χ2n) is 4.19. The Bertz CT molecular complexity index is 379. The zero-order valence-electron chi connectivity index (χ0n) is 10.8. The molecule has 94 valence electrons. The van der Waals surface area contributed by atoms with Crippen molar-refractivity contribution in [1.29, 1.82) is 0 Å². The summed E-state index contributed by atoms with van der Waals surface area (Å²) in [5.74, 6) is -0.101.